The zero-order chi connectivity index (χ0) is 17.3. The molecular weight excluding hydrogens is 368 g/mol. The Balaban J connectivity index is 1.69. The predicted octanol–water partition coefficient (Wildman–Crippen LogP) is 3.25. The molecule has 1 N–H and O–H groups in total. The lowest BCUT2D eigenvalue weighted by atomic mass is 9.87. The van der Waals surface area contributed by atoms with Gasteiger partial charge in [0.15, 0.2) is 0 Å². The van der Waals surface area contributed by atoms with Crippen molar-refractivity contribution in [2.24, 2.45) is 5.92 Å². The van der Waals surface area contributed by atoms with E-state index in [9.17, 15) is 13.2 Å². The molecule has 1 aliphatic carbocycles. The third kappa shape index (κ3) is 3.79. The van der Waals surface area contributed by atoms with Gasteiger partial charge in [0.2, 0.25) is 5.91 Å². The maximum atomic E-state index is 12.8. The summed E-state index contributed by atoms with van der Waals surface area (Å²) in [5, 5.41) is 3.07. The van der Waals surface area contributed by atoms with Crippen molar-refractivity contribution in [3.8, 4) is 0 Å². The first kappa shape index (κ1) is 18.2. The highest BCUT2D eigenvalue weighted by atomic mass is 35.5. The van der Waals surface area contributed by atoms with E-state index in [0.29, 0.717) is 29.6 Å². The molecule has 1 aliphatic heterocycles. The Kier molecular flexibility index (Phi) is 5.54. The van der Waals surface area contributed by atoms with Crippen molar-refractivity contribution in [2.75, 3.05) is 6.54 Å². The van der Waals surface area contributed by atoms with Crippen LogP contribution in [0.2, 0.25) is 4.34 Å². The molecule has 0 bridgehead atoms. The minimum absolute atomic E-state index is 0.154. The summed E-state index contributed by atoms with van der Waals surface area (Å²) in [6.07, 6.45) is 5.47. The fourth-order valence-electron chi connectivity index (χ4n) is 3.54. The summed E-state index contributed by atoms with van der Waals surface area (Å²) in [6, 6.07) is 2.66. The van der Waals surface area contributed by atoms with Crippen molar-refractivity contribution >= 4 is 38.9 Å². The Hall–Kier alpha value is -0.630. The number of hydrogen-bond donors (Lipinski definition) is 1. The van der Waals surface area contributed by atoms with Crippen LogP contribution in [0, 0.1) is 5.92 Å². The first-order valence-corrected chi connectivity index (χ1v) is 11.1. The topological polar surface area (TPSA) is 66.5 Å². The van der Waals surface area contributed by atoms with Gasteiger partial charge in [0.05, 0.1) is 4.34 Å². The van der Waals surface area contributed by atoms with Crippen LogP contribution in [0.3, 0.4) is 0 Å². The minimum Gasteiger partial charge on any atom is -0.352 e. The number of rotatable bonds is 4. The van der Waals surface area contributed by atoms with Crippen molar-refractivity contribution < 1.29 is 13.2 Å². The van der Waals surface area contributed by atoms with Crippen LogP contribution in [0.25, 0.3) is 0 Å². The average Bonchev–Trinajstić information content (AvgIpc) is 3.19. The lowest BCUT2D eigenvalue weighted by molar-refractivity contribution is -0.125. The van der Waals surface area contributed by atoms with Gasteiger partial charge in [-0.25, -0.2) is 8.42 Å². The molecule has 5 nitrogen and oxygen atoms in total. The highest BCUT2D eigenvalue weighted by Gasteiger charge is 2.40. The van der Waals surface area contributed by atoms with E-state index in [2.05, 4.69) is 12.2 Å². The molecule has 0 radical (unpaired) electrons. The Labute approximate surface area is 152 Å². The molecule has 2 fully saturated rings. The van der Waals surface area contributed by atoms with E-state index in [-0.39, 0.29) is 16.2 Å². The quantitative estimate of drug-likeness (QED) is 0.858. The van der Waals surface area contributed by atoms with Gasteiger partial charge in [-0.3, -0.25) is 4.79 Å². The summed E-state index contributed by atoms with van der Waals surface area (Å²) in [6.45, 7) is 2.62. The molecular formula is C16H23ClN2O3S2. The second-order valence-corrected chi connectivity index (χ2v) is 10.6. The van der Waals surface area contributed by atoms with Crippen LogP contribution in [-0.4, -0.2) is 37.3 Å². The number of amides is 1. The zero-order valence-electron chi connectivity index (χ0n) is 13.7. The summed E-state index contributed by atoms with van der Waals surface area (Å²) in [4.78, 5) is 12.6. The van der Waals surface area contributed by atoms with Gasteiger partial charge < -0.3 is 5.32 Å². The molecule has 1 amide bonds. The van der Waals surface area contributed by atoms with Crippen molar-refractivity contribution in [1.82, 2.24) is 9.62 Å². The normalized spacial score (nSPS) is 28.8. The predicted molar refractivity (Wildman–Crippen MR) is 95.8 cm³/mol. The van der Waals surface area contributed by atoms with Gasteiger partial charge in [0, 0.05) is 12.6 Å². The van der Waals surface area contributed by atoms with Crippen LogP contribution in [-0.2, 0) is 14.8 Å². The van der Waals surface area contributed by atoms with Crippen molar-refractivity contribution in [1.29, 1.82) is 0 Å². The van der Waals surface area contributed by atoms with E-state index in [0.717, 1.165) is 37.0 Å². The van der Waals surface area contributed by atoms with Crippen molar-refractivity contribution in [2.45, 2.75) is 61.7 Å². The third-order valence-corrected chi connectivity index (χ3v) is 8.59. The fraction of sp³-hybridized carbons (Fsp3) is 0.688. The largest absolute Gasteiger partial charge is 0.352 e. The van der Waals surface area contributed by atoms with Gasteiger partial charge in [-0.2, -0.15) is 4.31 Å². The summed E-state index contributed by atoms with van der Waals surface area (Å²) >= 11 is 6.90. The van der Waals surface area contributed by atoms with Gasteiger partial charge in [-0.05, 0) is 56.6 Å². The van der Waals surface area contributed by atoms with Crippen molar-refractivity contribution in [3.05, 3.63) is 16.5 Å². The summed E-state index contributed by atoms with van der Waals surface area (Å²) in [7, 11) is -3.66. The number of halogens is 1. The second-order valence-electron chi connectivity index (χ2n) is 6.80. The monoisotopic (exact) mass is 390 g/mol. The molecule has 0 spiro atoms. The zero-order valence-corrected chi connectivity index (χ0v) is 16.1. The molecule has 2 heterocycles. The number of carbonyl (C=O) groups is 1. The molecule has 24 heavy (non-hydrogen) atoms. The summed E-state index contributed by atoms with van der Waals surface area (Å²) < 4.78 is 27.6. The van der Waals surface area contributed by atoms with Gasteiger partial charge in [0.25, 0.3) is 10.0 Å². The highest BCUT2D eigenvalue weighted by molar-refractivity contribution is 7.91. The smallest absolute Gasteiger partial charge is 0.253 e. The van der Waals surface area contributed by atoms with Gasteiger partial charge in [-0.15, -0.1) is 11.3 Å². The standard InChI is InChI=1S/C16H23ClN2O3S2/c1-11-4-6-12(7-5-11)18-16(20)13-3-2-10-19(13)24(21,22)15-9-8-14(17)23-15/h8-9,11-13H,2-7,10H2,1H3,(H,18,20). The Bertz CT molecular complexity index is 696. The molecule has 1 saturated carbocycles. The molecule has 2 aliphatic rings. The fourth-order valence-corrected chi connectivity index (χ4v) is 6.81. The van der Waals surface area contributed by atoms with Crippen LogP contribution in [0.4, 0.5) is 0 Å². The lowest BCUT2D eigenvalue weighted by Gasteiger charge is -2.29. The molecule has 1 unspecified atom stereocenters. The number of hydrogen-bond acceptors (Lipinski definition) is 4. The van der Waals surface area contributed by atoms with Gasteiger partial charge >= 0.3 is 0 Å². The lowest BCUT2D eigenvalue weighted by Crippen LogP contribution is -2.49. The number of nitrogens with one attached hydrogen (secondary N) is 1. The van der Waals surface area contributed by atoms with Gasteiger partial charge in [-0.1, -0.05) is 18.5 Å². The van der Waals surface area contributed by atoms with Crippen molar-refractivity contribution in [3.63, 3.8) is 0 Å². The number of nitrogens with zero attached hydrogens (tertiary/aromatic N) is 1. The molecule has 134 valence electrons. The molecule has 1 saturated heterocycles. The SMILES string of the molecule is CC1CCC(NC(=O)C2CCCN2S(=O)(=O)c2ccc(Cl)s2)CC1. The minimum atomic E-state index is -3.66. The van der Waals surface area contributed by atoms with E-state index in [1.807, 2.05) is 0 Å². The maximum absolute atomic E-state index is 12.8. The van der Waals surface area contributed by atoms with E-state index in [4.69, 9.17) is 11.6 Å². The Morgan fingerprint density at radius 1 is 1.25 bits per heavy atom. The van der Waals surface area contributed by atoms with Crippen LogP contribution < -0.4 is 5.32 Å². The first-order chi connectivity index (χ1) is 11.4. The summed E-state index contributed by atoms with van der Waals surface area (Å²) in [5.74, 6) is 0.559. The third-order valence-electron chi connectivity index (χ3n) is 4.98. The Morgan fingerprint density at radius 2 is 1.96 bits per heavy atom. The maximum Gasteiger partial charge on any atom is 0.253 e. The molecule has 1 atom stereocenters. The molecule has 8 heteroatoms. The Morgan fingerprint density at radius 3 is 2.58 bits per heavy atom. The first-order valence-electron chi connectivity index (χ1n) is 8.45. The highest BCUT2D eigenvalue weighted by Crippen LogP contribution is 2.32. The molecule has 1 aromatic rings. The van der Waals surface area contributed by atoms with E-state index < -0.39 is 16.1 Å². The number of thiophene rings is 1. The van der Waals surface area contributed by atoms with E-state index in [1.165, 1.54) is 10.4 Å². The second kappa shape index (κ2) is 7.32. The van der Waals surface area contributed by atoms with E-state index >= 15 is 0 Å². The molecule has 1 aromatic heterocycles. The summed E-state index contributed by atoms with van der Waals surface area (Å²) in [5.41, 5.74) is 0. The van der Waals surface area contributed by atoms with Crippen LogP contribution in [0.15, 0.2) is 16.3 Å². The van der Waals surface area contributed by atoms with Crippen LogP contribution in [0.1, 0.15) is 45.4 Å². The number of sulfonamides is 1. The number of carbonyl (C=O) groups excluding carboxylic acids is 1. The molecule has 0 aromatic carbocycles. The van der Waals surface area contributed by atoms with Gasteiger partial charge in [0.1, 0.15) is 10.3 Å². The molecule has 3 rings (SSSR count). The van der Waals surface area contributed by atoms with Crippen LogP contribution >= 0.6 is 22.9 Å². The average molecular weight is 391 g/mol. The van der Waals surface area contributed by atoms with E-state index in [1.54, 1.807) is 6.07 Å². The van der Waals surface area contributed by atoms with Crippen LogP contribution in [0.5, 0.6) is 0 Å².